The van der Waals surface area contributed by atoms with Crippen LogP contribution in [-0.2, 0) is 6.54 Å². The largest absolute Gasteiger partial charge is 0.361 e. The minimum atomic E-state index is 0.452. The Balaban J connectivity index is 2.46. The Hall–Kier alpha value is -1.56. The molecular weight excluding hydrogens is 194 g/mol. The molecule has 0 aliphatic carbocycles. The van der Waals surface area contributed by atoms with Gasteiger partial charge in [0.2, 0.25) is 5.96 Å². The minimum Gasteiger partial charge on any atom is -0.361 e. The lowest BCUT2D eigenvalue weighted by atomic mass is 10.4. The number of hydrogen-bond acceptors (Lipinski definition) is 4. The van der Waals surface area contributed by atoms with Crippen molar-refractivity contribution in [3.63, 3.8) is 0 Å². The normalized spacial score (nSPS) is 11.5. The Morgan fingerprint density at radius 3 is 3.00 bits per heavy atom. The Morgan fingerprint density at radius 1 is 1.67 bits per heavy atom. The highest BCUT2D eigenvalue weighted by Gasteiger charge is 1.99. The van der Waals surface area contributed by atoms with E-state index in [0.29, 0.717) is 12.5 Å². The van der Waals surface area contributed by atoms with Crippen LogP contribution in [0, 0.1) is 6.92 Å². The molecule has 4 N–H and O–H groups in total. The van der Waals surface area contributed by atoms with Gasteiger partial charge < -0.3 is 9.84 Å². The van der Waals surface area contributed by atoms with Crippen molar-refractivity contribution in [3.05, 3.63) is 17.5 Å². The maximum Gasteiger partial charge on any atom is 0.206 e. The van der Waals surface area contributed by atoms with Gasteiger partial charge in [-0.1, -0.05) is 12.1 Å². The van der Waals surface area contributed by atoms with Crippen molar-refractivity contribution in [2.45, 2.75) is 26.8 Å². The fourth-order valence-corrected chi connectivity index (χ4v) is 1.05. The molecule has 0 bridgehead atoms. The summed E-state index contributed by atoms with van der Waals surface area (Å²) >= 11 is 0. The predicted molar refractivity (Wildman–Crippen MR) is 58.0 cm³/mol. The van der Waals surface area contributed by atoms with E-state index in [1.807, 2.05) is 13.0 Å². The van der Waals surface area contributed by atoms with Crippen molar-refractivity contribution in [3.8, 4) is 0 Å². The molecule has 1 heterocycles. The summed E-state index contributed by atoms with van der Waals surface area (Å²) in [5.41, 5.74) is 3.28. The second-order valence-electron chi connectivity index (χ2n) is 3.16. The van der Waals surface area contributed by atoms with E-state index in [1.54, 1.807) is 0 Å². The fraction of sp³-hybridized carbons (Fsp3) is 0.556. The predicted octanol–water partition coefficient (Wildman–Crippen LogP) is 0.302. The van der Waals surface area contributed by atoms with E-state index in [0.717, 1.165) is 24.4 Å². The van der Waals surface area contributed by atoms with Gasteiger partial charge in [0.05, 0.1) is 6.54 Å². The number of nitrogens with one attached hydrogen (secondary N) is 2. The molecule has 0 unspecified atom stereocenters. The molecule has 0 fully saturated rings. The highest BCUT2D eigenvalue weighted by molar-refractivity contribution is 5.79. The molecular formula is C9H17N5O. The number of guanidine groups is 1. The first-order chi connectivity index (χ1) is 7.26. The molecule has 0 atom stereocenters. The average Bonchev–Trinajstić information content (AvgIpc) is 2.65. The van der Waals surface area contributed by atoms with E-state index in [1.165, 1.54) is 0 Å². The number of aryl methyl sites for hydroxylation is 1. The zero-order valence-electron chi connectivity index (χ0n) is 9.08. The molecule has 84 valence electrons. The van der Waals surface area contributed by atoms with Gasteiger partial charge in [0.25, 0.3) is 0 Å². The van der Waals surface area contributed by atoms with Crippen molar-refractivity contribution in [1.29, 1.82) is 0 Å². The van der Waals surface area contributed by atoms with Crippen LogP contribution in [0.15, 0.2) is 15.6 Å². The molecule has 0 aromatic carbocycles. The van der Waals surface area contributed by atoms with Gasteiger partial charge in [-0.15, -0.1) is 0 Å². The highest BCUT2D eigenvalue weighted by Crippen LogP contribution is 2.02. The zero-order valence-corrected chi connectivity index (χ0v) is 9.08. The van der Waals surface area contributed by atoms with Gasteiger partial charge in [-0.3, -0.25) is 5.43 Å². The first-order valence-electron chi connectivity index (χ1n) is 4.93. The van der Waals surface area contributed by atoms with Gasteiger partial charge in [-0.2, -0.15) is 0 Å². The van der Waals surface area contributed by atoms with Crippen LogP contribution in [-0.4, -0.2) is 17.7 Å². The number of rotatable bonds is 4. The third-order valence-electron chi connectivity index (χ3n) is 1.76. The lowest BCUT2D eigenvalue weighted by molar-refractivity contribution is 0.391. The second-order valence-corrected chi connectivity index (χ2v) is 3.16. The summed E-state index contributed by atoms with van der Waals surface area (Å²) in [6, 6.07) is 1.84. The molecule has 0 radical (unpaired) electrons. The van der Waals surface area contributed by atoms with Crippen molar-refractivity contribution >= 4 is 5.96 Å². The van der Waals surface area contributed by atoms with Crippen LogP contribution >= 0.6 is 0 Å². The van der Waals surface area contributed by atoms with Gasteiger partial charge in [-0.25, -0.2) is 10.8 Å². The lowest BCUT2D eigenvalue weighted by Gasteiger charge is -2.06. The van der Waals surface area contributed by atoms with Crippen LogP contribution < -0.4 is 16.6 Å². The summed E-state index contributed by atoms with van der Waals surface area (Å²) in [6.45, 7) is 5.20. The molecule has 0 aliphatic heterocycles. The standard InChI is InChI=1S/C9H17N5O/c1-3-4-11-9(13-10)12-6-8-5-7(2)15-14-8/h5H,3-4,6,10H2,1-2H3,(H2,11,12,13). The molecule has 0 amide bonds. The third kappa shape index (κ3) is 3.99. The van der Waals surface area contributed by atoms with E-state index in [4.69, 9.17) is 10.4 Å². The smallest absolute Gasteiger partial charge is 0.206 e. The molecule has 1 aromatic rings. The molecule has 1 aromatic heterocycles. The van der Waals surface area contributed by atoms with Crippen molar-refractivity contribution in [1.82, 2.24) is 15.9 Å². The van der Waals surface area contributed by atoms with Crippen LogP contribution in [0.2, 0.25) is 0 Å². The van der Waals surface area contributed by atoms with Crippen LogP contribution in [0.5, 0.6) is 0 Å². The van der Waals surface area contributed by atoms with E-state index >= 15 is 0 Å². The van der Waals surface area contributed by atoms with E-state index in [2.05, 4.69) is 27.8 Å². The van der Waals surface area contributed by atoms with Crippen LogP contribution in [0.25, 0.3) is 0 Å². The summed E-state index contributed by atoms with van der Waals surface area (Å²) in [4.78, 5) is 4.21. The number of nitrogens with two attached hydrogens (primary N) is 1. The first-order valence-corrected chi connectivity index (χ1v) is 4.93. The topological polar surface area (TPSA) is 88.5 Å². The maximum atomic E-state index is 5.30. The first kappa shape index (κ1) is 11.5. The van der Waals surface area contributed by atoms with Gasteiger partial charge in [0, 0.05) is 12.6 Å². The Labute approximate surface area is 88.9 Å². The third-order valence-corrected chi connectivity index (χ3v) is 1.76. The Bertz CT molecular complexity index is 320. The molecule has 1 rings (SSSR count). The van der Waals surface area contributed by atoms with Gasteiger partial charge in [-0.05, 0) is 13.3 Å². The Kier molecular flexibility index (Phi) is 4.62. The van der Waals surface area contributed by atoms with Crippen molar-refractivity contribution in [2.24, 2.45) is 10.8 Å². The molecule has 0 saturated heterocycles. The highest BCUT2D eigenvalue weighted by atomic mass is 16.5. The van der Waals surface area contributed by atoms with Gasteiger partial charge >= 0.3 is 0 Å². The molecule has 6 heteroatoms. The zero-order chi connectivity index (χ0) is 11.1. The summed E-state index contributed by atoms with van der Waals surface area (Å²) in [5, 5.41) is 6.88. The fourth-order valence-electron chi connectivity index (χ4n) is 1.05. The van der Waals surface area contributed by atoms with Gasteiger partial charge in [0.1, 0.15) is 11.5 Å². The molecule has 15 heavy (non-hydrogen) atoms. The monoisotopic (exact) mass is 211 g/mol. The van der Waals surface area contributed by atoms with Crippen LogP contribution in [0.4, 0.5) is 0 Å². The van der Waals surface area contributed by atoms with Crippen molar-refractivity contribution in [2.75, 3.05) is 6.54 Å². The summed E-state index contributed by atoms with van der Waals surface area (Å²) < 4.78 is 4.92. The summed E-state index contributed by atoms with van der Waals surface area (Å²) in [6.07, 6.45) is 1.02. The van der Waals surface area contributed by atoms with E-state index < -0.39 is 0 Å². The Morgan fingerprint density at radius 2 is 2.47 bits per heavy atom. The number of nitrogens with zero attached hydrogens (tertiary/aromatic N) is 2. The number of hydrogen-bond donors (Lipinski definition) is 3. The maximum absolute atomic E-state index is 5.30. The quantitative estimate of drug-likeness (QED) is 0.288. The molecule has 6 nitrogen and oxygen atoms in total. The van der Waals surface area contributed by atoms with Gasteiger partial charge in [0.15, 0.2) is 0 Å². The van der Waals surface area contributed by atoms with Crippen molar-refractivity contribution < 1.29 is 4.52 Å². The average molecular weight is 211 g/mol. The summed E-state index contributed by atoms with van der Waals surface area (Å²) in [5.74, 6) is 6.64. The number of hydrazine groups is 1. The summed E-state index contributed by atoms with van der Waals surface area (Å²) in [7, 11) is 0. The van der Waals surface area contributed by atoms with E-state index in [9.17, 15) is 0 Å². The minimum absolute atomic E-state index is 0.452. The lowest BCUT2D eigenvalue weighted by Crippen LogP contribution is -2.41. The molecule has 0 saturated carbocycles. The van der Waals surface area contributed by atoms with Crippen LogP contribution in [0.1, 0.15) is 24.8 Å². The second kappa shape index (κ2) is 6.02. The number of aliphatic imine (C=N–C) groups is 1. The number of aromatic nitrogens is 1. The SMILES string of the molecule is CCCNC(=NCc1cc(C)on1)NN. The molecule has 0 spiro atoms. The van der Waals surface area contributed by atoms with Crippen LogP contribution in [0.3, 0.4) is 0 Å². The molecule has 0 aliphatic rings. The van der Waals surface area contributed by atoms with E-state index in [-0.39, 0.29) is 0 Å².